The van der Waals surface area contributed by atoms with E-state index < -0.39 is 0 Å². The predicted molar refractivity (Wildman–Crippen MR) is 92.2 cm³/mol. The summed E-state index contributed by atoms with van der Waals surface area (Å²) in [7, 11) is 0. The van der Waals surface area contributed by atoms with Crippen molar-refractivity contribution in [1.82, 2.24) is 0 Å². The number of carbonyl (C=O) groups is 2. The van der Waals surface area contributed by atoms with E-state index >= 15 is 0 Å². The molecule has 4 aliphatic carbocycles. The number of rotatable bonds is 1. The Morgan fingerprint density at radius 1 is 1.21 bits per heavy atom. The van der Waals surface area contributed by atoms with Crippen LogP contribution in [0.15, 0.2) is 12.2 Å². The van der Waals surface area contributed by atoms with E-state index in [1.165, 1.54) is 0 Å². The van der Waals surface area contributed by atoms with Gasteiger partial charge in [-0.25, -0.2) is 0 Å². The average molecular weight is 330 g/mol. The molecule has 3 nitrogen and oxygen atoms in total. The van der Waals surface area contributed by atoms with Crippen LogP contribution in [0.2, 0.25) is 0 Å². The molecule has 0 bridgehead atoms. The average Bonchev–Trinajstić information content (AvgIpc) is 2.84. The van der Waals surface area contributed by atoms with Gasteiger partial charge in [0.15, 0.2) is 5.78 Å². The molecule has 0 spiro atoms. The van der Waals surface area contributed by atoms with Crippen LogP contribution in [-0.2, 0) is 9.59 Å². The summed E-state index contributed by atoms with van der Waals surface area (Å²) < 4.78 is 0. The second-order valence-electron chi connectivity index (χ2n) is 9.46. The molecular formula is C21H30O3. The molecule has 0 unspecified atom stereocenters. The number of fused-ring (bicyclic) bond motifs is 5. The summed E-state index contributed by atoms with van der Waals surface area (Å²) >= 11 is 0. The van der Waals surface area contributed by atoms with Crippen LogP contribution in [0.25, 0.3) is 0 Å². The second-order valence-corrected chi connectivity index (χ2v) is 9.46. The van der Waals surface area contributed by atoms with Gasteiger partial charge in [0, 0.05) is 12.3 Å². The Balaban J connectivity index is 1.72. The van der Waals surface area contributed by atoms with Gasteiger partial charge in [0.25, 0.3) is 0 Å². The Hall–Kier alpha value is -0.960. The van der Waals surface area contributed by atoms with Gasteiger partial charge in [0.1, 0.15) is 5.78 Å². The SMILES string of the molecule is CC(=O)[C@H]1CC[C@@H]2[C@H]3CC[C@H]4CC(=O)C=C[C@]4(C)[C@@H]3[C@H](O)C[C@]12C. The maximum absolute atomic E-state index is 12.2. The van der Waals surface area contributed by atoms with Crippen molar-refractivity contribution in [2.75, 3.05) is 0 Å². The zero-order valence-electron chi connectivity index (χ0n) is 15.1. The van der Waals surface area contributed by atoms with Crippen LogP contribution in [0.3, 0.4) is 0 Å². The zero-order valence-corrected chi connectivity index (χ0v) is 15.1. The number of allylic oxidation sites excluding steroid dienone is 2. The molecule has 0 aromatic rings. The number of Topliss-reactive ketones (excluding diaryl/α,β-unsaturated/α-hetero) is 1. The van der Waals surface area contributed by atoms with E-state index in [1.54, 1.807) is 13.0 Å². The molecule has 0 aromatic carbocycles. The minimum atomic E-state index is -0.359. The van der Waals surface area contributed by atoms with E-state index in [4.69, 9.17) is 0 Å². The number of aliphatic hydroxyl groups is 1. The van der Waals surface area contributed by atoms with Gasteiger partial charge >= 0.3 is 0 Å². The smallest absolute Gasteiger partial charge is 0.155 e. The van der Waals surface area contributed by atoms with Gasteiger partial charge in [-0.15, -0.1) is 0 Å². The van der Waals surface area contributed by atoms with Crippen molar-refractivity contribution in [3.05, 3.63) is 12.2 Å². The quantitative estimate of drug-likeness (QED) is 0.800. The van der Waals surface area contributed by atoms with Crippen LogP contribution < -0.4 is 0 Å². The van der Waals surface area contributed by atoms with Crippen molar-refractivity contribution in [2.24, 2.45) is 40.4 Å². The summed E-state index contributed by atoms with van der Waals surface area (Å²) in [5.74, 6) is 2.31. The molecule has 0 amide bonds. The van der Waals surface area contributed by atoms with E-state index in [0.29, 0.717) is 30.0 Å². The first-order chi connectivity index (χ1) is 11.3. The first-order valence-corrected chi connectivity index (χ1v) is 9.68. The zero-order chi connectivity index (χ0) is 17.3. The van der Waals surface area contributed by atoms with Crippen molar-refractivity contribution in [3.63, 3.8) is 0 Å². The molecule has 3 saturated carbocycles. The van der Waals surface area contributed by atoms with Gasteiger partial charge in [-0.3, -0.25) is 9.59 Å². The minimum Gasteiger partial charge on any atom is -0.393 e. The summed E-state index contributed by atoms with van der Waals surface area (Å²) in [6.45, 7) is 6.25. The summed E-state index contributed by atoms with van der Waals surface area (Å²) in [6, 6.07) is 0. The lowest BCUT2D eigenvalue weighted by Gasteiger charge is -2.60. The molecule has 132 valence electrons. The highest BCUT2D eigenvalue weighted by molar-refractivity contribution is 5.91. The Morgan fingerprint density at radius 3 is 2.67 bits per heavy atom. The fourth-order valence-corrected chi connectivity index (χ4v) is 7.43. The Morgan fingerprint density at radius 2 is 1.96 bits per heavy atom. The summed E-state index contributed by atoms with van der Waals surface area (Å²) in [6.07, 6.45) is 9.19. The van der Waals surface area contributed by atoms with Crippen molar-refractivity contribution in [1.29, 1.82) is 0 Å². The van der Waals surface area contributed by atoms with E-state index in [-0.39, 0.29) is 34.6 Å². The maximum atomic E-state index is 12.2. The van der Waals surface area contributed by atoms with Crippen LogP contribution >= 0.6 is 0 Å². The third kappa shape index (κ3) is 2.06. The number of hydrogen-bond donors (Lipinski definition) is 1. The molecule has 1 N–H and O–H groups in total. The topological polar surface area (TPSA) is 54.4 Å². The van der Waals surface area contributed by atoms with Crippen molar-refractivity contribution in [3.8, 4) is 0 Å². The van der Waals surface area contributed by atoms with Crippen LogP contribution in [-0.4, -0.2) is 22.8 Å². The highest BCUT2D eigenvalue weighted by atomic mass is 16.3. The molecule has 0 radical (unpaired) electrons. The number of aliphatic hydroxyl groups excluding tert-OH is 1. The van der Waals surface area contributed by atoms with Crippen LogP contribution in [0.4, 0.5) is 0 Å². The molecule has 24 heavy (non-hydrogen) atoms. The lowest BCUT2D eigenvalue weighted by atomic mass is 9.45. The van der Waals surface area contributed by atoms with E-state index in [1.807, 2.05) is 0 Å². The predicted octanol–water partition coefficient (Wildman–Crippen LogP) is 3.55. The molecule has 0 heterocycles. The summed E-state index contributed by atoms with van der Waals surface area (Å²) in [5, 5.41) is 11.2. The van der Waals surface area contributed by atoms with Crippen LogP contribution in [0, 0.1) is 40.4 Å². The first-order valence-electron chi connectivity index (χ1n) is 9.68. The highest BCUT2D eigenvalue weighted by Gasteiger charge is 2.63. The largest absolute Gasteiger partial charge is 0.393 e. The Kier molecular flexibility index (Phi) is 3.62. The molecule has 3 heteroatoms. The molecule has 3 fully saturated rings. The van der Waals surface area contributed by atoms with Gasteiger partial charge in [-0.1, -0.05) is 19.9 Å². The number of carbonyl (C=O) groups excluding carboxylic acids is 2. The Bertz CT molecular complexity index is 608. The molecular weight excluding hydrogens is 300 g/mol. The lowest BCUT2D eigenvalue weighted by molar-refractivity contribution is -0.155. The minimum absolute atomic E-state index is 0.0379. The fourth-order valence-electron chi connectivity index (χ4n) is 7.43. The third-order valence-electron chi connectivity index (χ3n) is 8.46. The van der Waals surface area contributed by atoms with Gasteiger partial charge in [0.05, 0.1) is 6.10 Å². The van der Waals surface area contributed by atoms with E-state index in [0.717, 1.165) is 32.1 Å². The van der Waals surface area contributed by atoms with Crippen molar-refractivity contribution >= 4 is 11.6 Å². The molecule has 4 aliphatic rings. The summed E-state index contributed by atoms with van der Waals surface area (Å²) in [4.78, 5) is 24.0. The highest BCUT2D eigenvalue weighted by Crippen LogP contribution is 2.66. The molecule has 0 aromatic heterocycles. The van der Waals surface area contributed by atoms with E-state index in [9.17, 15) is 14.7 Å². The monoisotopic (exact) mass is 330 g/mol. The molecule has 8 atom stereocenters. The molecule has 0 aliphatic heterocycles. The standard InChI is InChI=1S/C21H30O3/c1-12(22)16-6-7-17-15-5-4-13-10-14(23)8-9-20(13,2)19(15)18(24)11-21(16,17)3/h8-9,13,15-19,24H,4-7,10-11H2,1-3H3/t13-,15+,16+,17+,18+,19-,20-,21+/m0/s1. The summed E-state index contributed by atoms with van der Waals surface area (Å²) in [5.41, 5.74) is -0.101. The Labute approximate surface area is 144 Å². The van der Waals surface area contributed by atoms with Gasteiger partial charge in [-0.2, -0.15) is 0 Å². The lowest BCUT2D eigenvalue weighted by Crippen LogP contribution is -2.58. The van der Waals surface area contributed by atoms with Crippen LogP contribution in [0.1, 0.15) is 59.3 Å². The van der Waals surface area contributed by atoms with Gasteiger partial charge < -0.3 is 5.11 Å². The number of hydrogen-bond acceptors (Lipinski definition) is 3. The normalized spacial score (nSPS) is 53.2. The maximum Gasteiger partial charge on any atom is 0.155 e. The van der Waals surface area contributed by atoms with Crippen molar-refractivity contribution < 1.29 is 14.7 Å². The number of ketones is 2. The molecule has 0 saturated heterocycles. The molecule has 4 rings (SSSR count). The third-order valence-corrected chi connectivity index (χ3v) is 8.46. The van der Waals surface area contributed by atoms with Gasteiger partial charge in [0.2, 0.25) is 0 Å². The van der Waals surface area contributed by atoms with E-state index in [2.05, 4.69) is 19.9 Å². The van der Waals surface area contributed by atoms with Crippen molar-refractivity contribution in [2.45, 2.75) is 65.4 Å². The van der Waals surface area contributed by atoms with Crippen LogP contribution in [0.5, 0.6) is 0 Å². The first kappa shape index (κ1) is 16.5. The van der Waals surface area contributed by atoms with Gasteiger partial charge in [-0.05, 0) is 79.6 Å². The fraction of sp³-hybridized carbons (Fsp3) is 0.810. The second kappa shape index (κ2) is 5.27.